The largest absolute Gasteiger partial charge is 0.435 e. The van der Waals surface area contributed by atoms with Crippen molar-refractivity contribution >= 4 is 34.7 Å². The molecule has 5 nitrogen and oxygen atoms in total. The number of rotatable bonds is 4. The van der Waals surface area contributed by atoms with Gasteiger partial charge in [0, 0.05) is 23.8 Å². The lowest BCUT2D eigenvalue weighted by Gasteiger charge is -2.14. The van der Waals surface area contributed by atoms with Crippen molar-refractivity contribution in [2.24, 2.45) is 7.05 Å². The molecule has 0 saturated carbocycles. The third kappa shape index (κ3) is 4.12. The van der Waals surface area contributed by atoms with E-state index in [2.05, 4.69) is 15.7 Å². The first-order valence-corrected chi connectivity index (χ1v) is 8.58. The van der Waals surface area contributed by atoms with Gasteiger partial charge in [0.25, 0.3) is 5.91 Å². The van der Waals surface area contributed by atoms with Crippen LogP contribution in [0.25, 0.3) is 0 Å². The van der Waals surface area contributed by atoms with Gasteiger partial charge >= 0.3 is 6.18 Å². The summed E-state index contributed by atoms with van der Waals surface area (Å²) < 4.78 is 39.4. The zero-order chi connectivity index (χ0) is 20.5. The number of amides is 1. The molecule has 146 valence electrons. The molecule has 0 bridgehead atoms. The zero-order valence-electron chi connectivity index (χ0n) is 14.9. The molecule has 0 fully saturated rings. The number of carbonyl (C=O) groups is 1. The Morgan fingerprint density at radius 3 is 2.46 bits per heavy atom. The molecule has 9 heteroatoms. The van der Waals surface area contributed by atoms with E-state index in [0.717, 1.165) is 16.3 Å². The molecule has 2 aromatic carbocycles. The van der Waals surface area contributed by atoms with Crippen LogP contribution in [-0.4, -0.2) is 15.7 Å². The van der Waals surface area contributed by atoms with E-state index in [1.807, 2.05) is 13.0 Å². The van der Waals surface area contributed by atoms with Crippen molar-refractivity contribution in [2.45, 2.75) is 13.1 Å². The van der Waals surface area contributed by atoms with Gasteiger partial charge in [-0.2, -0.15) is 18.3 Å². The molecule has 3 rings (SSSR count). The zero-order valence-corrected chi connectivity index (χ0v) is 15.7. The Bertz CT molecular complexity index is 1030. The number of nitrogens with one attached hydrogen (secondary N) is 2. The van der Waals surface area contributed by atoms with Crippen molar-refractivity contribution in [3.63, 3.8) is 0 Å². The normalized spacial score (nSPS) is 11.4. The van der Waals surface area contributed by atoms with Crippen LogP contribution in [0.4, 0.5) is 30.4 Å². The van der Waals surface area contributed by atoms with Crippen molar-refractivity contribution in [1.82, 2.24) is 9.78 Å². The number of para-hydroxylation sites is 1. The molecular formula is C19H16ClF3N4O. The number of hydrogen-bond acceptors (Lipinski definition) is 3. The highest BCUT2D eigenvalue weighted by atomic mass is 35.5. The predicted octanol–water partition coefficient (Wildman–Crippen LogP) is 5.40. The number of aromatic nitrogens is 2. The molecule has 2 N–H and O–H groups in total. The fourth-order valence-electron chi connectivity index (χ4n) is 2.58. The Balaban J connectivity index is 1.88. The van der Waals surface area contributed by atoms with E-state index in [-0.39, 0.29) is 11.4 Å². The number of halogens is 4. The molecule has 0 unspecified atom stereocenters. The molecule has 3 aromatic rings. The fraction of sp³-hybridized carbons (Fsp3) is 0.158. The highest BCUT2D eigenvalue weighted by molar-refractivity contribution is 6.31. The quantitative estimate of drug-likeness (QED) is 0.608. The first-order chi connectivity index (χ1) is 13.2. The number of hydrogen-bond donors (Lipinski definition) is 2. The molecule has 1 aromatic heterocycles. The van der Waals surface area contributed by atoms with Gasteiger partial charge in [-0.3, -0.25) is 9.48 Å². The average Bonchev–Trinajstić information content (AvgIpc) is 3.00. The van der Waals surface area contributed by atoms with Crippen LogP contribution in [-0.2, 0) is 13.2 Å². The van der Waals surface area contributed by atoms with Crippen LogP contribution in [0.3, 0.4) is 0 Å². The minimum Gasteiger partial charge on any atom is -0.355 e. The van der Waals surface area contributed by atoms with E-state index >= 15 is 0 Å². The predicted molar refractivity (Wildman–Crippen MR) is 102 cm³/mol. The number of benzene rings is 2. The summed E-state index contributed by atoms with van der Waals surface area (Å²) in [6.45, 7) is 1.83. The van der Waals surface area contributed by atoms with E-state index < -0.39 is 17.8 Å². The summed E-state index contributed by atoms with van der Waals surface area (Å²) in [4.78, 5) is 12.7. The lowest BCUT2D eigenvalue weighted by Crippen LogP contribution is -2.16. The van der Waals surface area contributed by atoms with Gasteiger partial charge in [-0.1, -0.05) is 29.8 Å². The Hall–Kier alpha value is -3.00. The summed E-state index contributed by atoms with van der Waals surface area (Å²) in [7, 11) is 1.32. The molecule has 1 amide bonds. The molecule has 0 saturated heterocycles. The molecule has 0 aliphatic heterocycles. The van der Waals surface area contributed by atoms with Crippen molar-refractivity contribution in [2.75, 3.05) is 10.6 Å². The SMILES string of the molecule is Cc1c(Cl)cccc1Nc1ccccc1C(=O)Nc1cc(C(F)(F)F)nn1C. The Labute approximate surface area is 164 Å². The van der Waals surface area contributed by atoms with E-state index in [1.165, 1.54) is 7.05 Å². The maximum absolute atomic E-state index is 12.8. The lowest BCUT2D eigenvalue weighted by atomic mass is 10.1. The number of carbonyl (C=O) groups excluding carboxylic acids is 1. The van der Waals surface area contributed by atoms with Gasteiger partial charge in [0.05, 0.1) is 11.3 Å². The molecular weight excluding hydrogens is 393 g/mol. The average molecular weight is 409 g/mol. The number of alkyl halides is 3. The summed E-state index contributed by atoms with van der Waals surface area (Å²) in [5, 5.41) is 9.57. The van der Waals surface area contributed by atoms with Gasteiger partial charge < -0.3 is 10.6 Å². The number of anilines is 3. The summed E-state index contributed by atoms with van der Waals surface area (Å²) >= 11 is 6.13. The van der Waals surface area contributed by atoms with Gasteiger partial charge in [-0.05, 0) is 36.8 Å². The maximum Gasteiger partial charge on any atom is 0.435 e. The molecule has 28 heavy (non-hydrogen) atoms. The second-order valence-electron chi connectivity index (χ2n) is 6.07. The van der Waals surface area contributed by atoms with Crippen LogP contribution in [0.5, 0.6) is 0 Å². The van der Waals surface area contributed by atoms with Gasteiger partial charge in [-0.15, -0.1) is 0 Å². The van der Waals surface area contributed by atoms with Crippen molar-refractivity contribution < 1.29 is 18.0 Å². The van der Waals surface area contributed by atoms with Crippen LogP contribution in [0.2, 0.25) is 5.02 Å². The van der Waals surface area contributed by atoms with E-state index in [1.54, 1.807) is 36.4 Å². The third-order valence-electron chi connectivity index (χ3n) is 4.12. The van der Waals surface area contributed by atoms with Crippen LogP contribution < -0.4 is 10.6 Å². The van der Waals surface area contributed by atoms with E-state index in [9.17, 15) is 18.0 Å². The van der Waals surface area contributed by atoms with Crippen molar-refractivity contribution in [3.05, 3.63) is 70.4 Å². The smallest absolute Gasteiger partial charge is 0.355 e. The monoisotopic (exact) mass is 408 g/mol. The summed E-state index contributed by atoms with van der Waals surface area (Å²) in [6, 6.07) is 12.8. The standard InChI is InChI=1S/C19H16ClF3N4O/c1-11-13(20)7-5-9-14(11)24-15-8-4-3-6-12(15)18(28)25-17-10-16(19(21,22)23)26-27(17)2/h3-10,24H,1-2H3,(H,25,28). The number of nitrogens with zero attached hydrogens (tertiary/aromatic N) is 2. The van der Waals surface area contributed by atoms with Crippen LogP contribution in [0, 0.1) is 6.92 Å². The minimum absolute atomic E-state index is 0.0638. The van der Waals surface area contributed by atoms with Crippen LogP contribution in [0.1, 0.15) is 21.6 Å². The first kappa shape index (κ1) is 19.8. The first-order valence-electron chi connectivity index (χ1n) is 8.20. The second-order valence-corrected chi connectivity index (χ2v) is 6.48. The van der Waals surface area contributed by atoms with Crippen LogP contribution in [0.15, 0.2) is 48.5 Å². The third-order valence-corrected chi connectivity index (χ3v) is 4.53. The number of aryl methyl sites for hydroxylation is 1. The van der Waals surface area contributed by atoms with Gasteiger partial charge in [0.1, 0.15) is 5.82 Å². The maximum atomic E-state index is 12.8. The van der Waals surface area contributed by atoms with Crippen molar-refractivity contribution in [1.29, 1.82) is 0 Å². The van der Waals surface area contributed by atoms with Gasteiger partial charge in [0.2, 0.25) is 0 Å². The summed E-state index contributed by atoms with van der Waals surface area (Å²) in [5.74, 6) is -0.634. The summed E-state index contributed by atoms with van der Waals surface area (Å²) in [5.41, 5.74) is 1.19. The molecule has 0 atom stereocenters. The van der Waals surface area contributed by atoms with Gasteiger partial charge in [0.15, 0.2) is 5.69 Å². The molecule has 0 spiro atoms. The highest BCUT2D eigenvalue weighted by Crippen LogP contribution is 2.31. The van der Waals surface area contributed by atoms with Gasteiger partial charge in [-0.25, -0.2) is 0 Å². The summed E-state index contributed by atoms with van der Waals surface area (Å²) in [6.07, 6.45) is -4.59. The highest BCUT2D eigenvalue weighted by Gasteiger charge is 2.34. The molecule has 0 aliphatic carbocycles. The Morgan fingerprint density at radius 1 is 1.11 bits per heavy atom. The molecule has 0 aliphatic rings. The molecule has 1 heterocycles. The Morgan fingerprint density at radius 2 is 1.79 bits per heavy atom. The minimum atomic E-state index is -4.59. The Kier molecular flexibility index (Phi) is 5.33. The van der Waals surface area contributed by atoms with Crippen LogP contribution >= 0.6 is 11.6 Å². The van der Waals surface area contributed by atoms with E-state index in [0.29, 0.717) is 16.4 Å². The van der Waals surface area contributed by atoms with E-state index in [4.69, 9.17) is 11.6 Å². The lowest BCUT2D eigenvalue weighted by molar-refractivity contribution is -0.141. The molecule has 0 radical (unpaired) electrons. The second kappa shape index (κ2) is 7.55. The van der Waals surface area contributed by atoms with Crippen molar-refractivity contribution in [3.8, 4) is 0 Å². The fourth-order valence-corrected chi connectivity index (χ4v) is 2.76. The topological polar surface area (TPSA) is 59.0 Å².